The quantitative estimate of drug-likeness (QED) is 0.772. The number of fused-ring (bicyclic) bond motifs is 1. The molecule has 0 saturated heterocycles. The molecule has 2 aromatic rings. The van der Waals surface area contributed by atoms with Crippen LogP contribution in [0.25, 0.3) is 0 Å². The van der Waals surface area contributed by atoms with Crippen molar-refractivity contribution >= 4 is 5.91 Å². The van der Waals surface area contributed by atoms with Crippen LogP contribution in [0.4, 0.5) is 0 Å². The van der Waals surface area contributed by atoms with Crippen molar-refractivity contribution in [2.24, 2.45) is 11.7 Å². The highest BCUT2D eigenvalue weighted by Gasteiger charge is 2.32. The predicted molar refractivity (Wildman–Crippen MR) is 106 cm³/mol. The first-order chi connectivity index (χ1) is 12.5. The van der Waals surface area contributed by atoms with Gasteiger partial charge in [-0.15, -0.1) is 0 Å². The Kier molecular flexibility index (Phi) is 7.82. The highest BCUT2D eigenvalue weighted by atomic mass is 16.3. The number of benzene rings is 2. The number of hydrogen-bond acceptors (Lipinski definition) is 3. The summed E-state index contributed by atoms with van der Waals surface area (Å²) in [6.45, 7) is 4.59. The van der Waals surface area contributed by atoms with Crippen molar-refractivity contribution < 1.29 is 9.90 Å². The zero-order valence-corrected chi connectivity index (χ0v) is 15.7. The largest absolute Gasteiger partial charge is 0.390 e. The summed E-state index contributed by atoms with van der Waals surface area (Å²) in [5.74, 6) is -0.0716. The molecule has 4 N–H and O–H groups in total. The fourth-order valence-corrected chi connectivity index (χ4v) is 3.13. The SMILES string of the molecule is CC(CCCN)C(=O)NC1c2ccccc2CC1O.Cc1ccccc1. The third-order valence-corrected chi connectivity index (χ3v) is 4.73. The van der Waals surface area contributed by atoms with E-state index in [2.05, 4.69) is 24.4 Å². The molecule has 0 spiro atoms. The molecule has 26 heavy (non-hydrogen) atoms. The smallest absolute Gasteiger partial charge is 0.223 e. The summed E-state index contributed by atoms with van der Waals surface area (Å²) in [7, 11) is 0. The predicted octanol–water partition coefficient (Wildman–Crippen LogP) is 3.13. The molecule has 3 atom stereocenters. The second kappa shape index (κ2) is 10.1. The third-order valence-electron chi connectivity index (χ3n) is 4.73. The maximum Gasteiger partial charge on any atom is 0.223 e. The van der Waals surface area contributed by atoms with Crippen LogP contribution in [0.15, 0.2) is 54.6 Å². The van der Waals surface area contributed by atoms with Gasteiger partial charge in [0.1, 0.15) is 0 Å². The second-order valence-electron chi connectivity index (χ2n) is 6.94. The Balaban J connectivity index is 0.000000290. The van der Waals surface area contributed by atoms with E-state index in [1.165, 1.54) is 5.56 Å². The monoisotopic (exact) mass is 354 g/mol. The van der Waals surface area contributed by atoms with E-state index in [4.69, 9.17) is 5.73 Å². The van der Waals surface area contributed by atoms with Gasteiger partial charge in [0.25, 0.3) is 0 Å². The fraction of sp³-hybridized carbons (Fsp3) is 0.409. The summed E-state index contributed by atoms with van der Waals surface area (Å²) >= 11 is 0. The van der Waals surface area contributed by atoms with Crippen LogP contribution in [-0.4, -0.2) is 23.7 Å². The first-order valence-corrected chi connectivity index (χ1v) is 9.31. The lowest BCUT2D eigenvalue weighted by atomic mass is 10.0. The maximum absolute atomic E-state index is 12.1. The molecular formula is C22H30N2O2. The van der Waals surface area contributed by atoms with Crippen LogP contribution in [0.1, 0.15) is 42.5 Å². The lowest BCUT2D eigenvalue weighted by Gasteiger charge is -2.20. The van der Waals surface area contributed by atoms with E-state index in [0.29, 0.717) is 13.0 Å². The van der Waals surface area contributed by atoms with Gasteiger partial charge in [0.2, 0.25) is 5.91 Å². The average molecular weight is 354 g/mol. The summed E-state index contributed by atoms with van der Waals surface area (Å²) in [4.78, 5) is 12.1. The molecular weight excluding hydrogens is 324 g/mol. The average Bonchev–Trinajstić information content (AvgIpc) is 2.96. The van der Waals surface area contributed by atoms with E-state index in [9.17, 15) is 9.90 Å². The molecule has 4 nitrogen and oxygen atoms in total. The van der Waals surface area contributed by atoms with Crippen LogP contribution in [0, 0.1) is 12.8 Å². The number of aryl methyl sites for hydroxylation is 1. The molecule has 0 bridgehead atoms. The molecule has 4 heteroatoms. The Labute approximate surface area is 156 Å². The minimum Gasteiger partial charge on any atom is -0.390 e. The first-order valence-electron chi connectivity index (χ1n) is 9.31. The van der Waals surface area contributed by atoms with Gasteiger partial charge in [0.05, 0.1) is 12.1 Å². The summed E-state index contributed by atoms with van der Waals surface area (Å²) in [5, 5.41) is 13.0. The normalized spacial score (nSPS) is 19.1. The van der Waals surface area contributed by atoms with E-state index >= 15 is 0 Å². The highest BCUT2D eigenvalue weighted by Crippen LogP contribution is 2.31. The summed E-state index contributed by atoms with van der Waals surface area (Å²) in [5.41, 5.74) is 8.93. The van der Waals surface area contributed by atoms with Crippen molar-refractivity contribution in [1.82, 2.24) is 5.32 Å². The van der Waals surface area contributed by atoms with Crippen molar-refractivity contribution in [3.63, 3.8) is 0 Å². The van der Waals surface area contributed by atoms with Crippen molar-refractivity contribution in [1.29, 1.82) is 0 Å². The number of hydrogen-bond donors (Lipinski definition) is 3. The van der Waals surface area contributed by atoms with Crippen molar-refractivity contribution in [3.05, 3.63) is 71.3 Å². The van der Waals surface area contributed by atoms with E-state index in [0.717, 1.165) is 24.0 Å². The van der Waals surface area contributed by atoms with Crippen LogP contribution in [-0.2, 0) is 11.2 Å². The van der Waals surface area contributed by atoms with Gasteiger partial charge in [-0.1, -0.05) is 67.1 Å². The Morgan fingerprint density at radius 2 is 1.85 bits per heavy atom. The van der Waals surface area contributed by atoms with E-state index in [1.54, 1.807) is 0 Å². The highest BCUT2D eigenvalue weighted by molar-refractivity contribution is 5.79. The fourth-order valence-electron chi connectivity index (χ4n) is 3.13. The van der Waals surface area contributed by atoms with Crippen molar-refractivity contribution in [2.75, 3.05) is 6.54 Å². The Morgan fingerprint density at radius 1 is 1.19 bits per heavy atom. The van der Waals surface area contributed by atoms with Crippen LogP contribution in [0.3, 0.4) is 0 Å². The lowest BCUT2D eigenvalue weighted by Crippen LogP contribution is -2.37. The molecule has 0 radical (unpaired) electrons. The Morgan fingerprint density at radius 3 is 2.46 bits per heavy atom. The van der Waals surface area contributed by atoms with Gasteiger partial charge >= 0.3 is 0 Å². The molecule has 0 saturated carbocycles. The van der Waals surface area contributed by atoms with Gasteiger partial charge in [0.15, 0.2) is 0 Å². The molecule has 140 valence electrons. The van der Waals surface area contributed by atoms with Gasteiger partial charge in [-0.3, -0.25) is 4.79 Å². The maximum atomic E-state index is 12.1. The summed E-state index contributed by atoms with van der Waals surface area (Å²) in [6.07, 6.45) is 1.71. The number of rotatable bonds is 5. The van der Waals surface area contributed by atoms with Gasteiger partial charge in [-0.05, 0) is 37.4 Å². The third kappa shape index (κ3) is 5.68. The molecule has 1 aliphatic rings. The number of aliphatic hydroxyl groups excluding tert-OH is 1. The van der Waals surface area contributed by atoms with Crippen molar-refractivity contribution in [3.8, 4) is 0 Å². The van der Waals surface area contributed by atoms with E-state index in [-0.39, 0.29) is 17.9 Å². The van der Waals surface area contributed by atoms with Gasteiger partial charge in [0, 0.05) is 12.3 Å². The van der Waals surface area contributed by atoms with Crippen LogP contribution >= 0.6 is 0 Å². The van der Waals surface area contributed by atoms with E-state index < -0.39 is 6.10 Å². The molecule has 0 heterocycles. The van der Waals surface area contributed by atoms with Gasteiger partial charge in [-0.2, -0.15) is 0 Å². The molecule has 1 amide bonds. The molecule has 2 aromatic carbocycles. The second-order valence-corrected chi connectivity index (χ2v) is 6.94. The zero-order chi connectivity index (χ0) is 18.9. The minimum atomic E-state index is -0.525. The van der Waals surface area contributed by atoms with Gasteiger partial charge in [-0.25, -0.2) is 0 Å². The Bertz CT molecular complexity index is 688. The van der Waals surface area contributed by atoms with Gasteiger partial charge < -0.3 is 16.2 Å². The number of carbonyl (C=O) groups is 1. The molecule has 0 aliphatic heterocycles. The van der Waals surface area contributed by atoms with E-state index in [1.807, 2.05) is 49.4 Å². The summed E-state index contributed by atoms with van der Waals surface area (Å²) < 4.78 is 0. The molecule has 1 aliphatic carbocycles. The number of nitrogens with one attached hydrogen (secondary N) is 1. The molecule has 3 unspecified atom stereocenters. The first kappa shape index (κ1) is 20.1. The number of aliphatic hydroxyl groups is 1. The number of amides is 1. The van der Waals surface area contributed by atoms with Crippen LogP contribution in [0.5, 0.6) is 0 Å². The number of carbonyl (C=O) groups excluding carboxylic acids is 1. The topological polar surface area (TPSA) is 75.4 Å². The Hall–Kier alpha value is -2.17. The lowest BCUT2D eigenvalue weighted by molar-refractivity contribution is -0.126. The van der Waals surface area contributed by atoms with Crippen LogP contribution < -0.4 is 11.1 Å². The number of nitrogens with two attached hydrogens (primary N) is 1. The standard InChI is InChI=1S/C15H22N2O2.C7H8/c1-10(5-4-8-16)15(19)17-14-12-7-3-2-6-11(12)9-13(14)18;1-7-5-3-2-4-6-7/h2-3,6-7,10,13-14,18H,4-5,8-9,16H2,1H3,(H,17,19);2-6H,1H3. The molecule has 0 aromatic heterocycles. The summed E-state index contributed by atoms with van der Waals surface area (Å²) in [6, 6.07) is 17.9. The zero-order valence-electron chi connectivity index (χ0n) is 15.7. The molecule has 0 fully saturated rings. The minimum absolute atomic E-state index is 0.00537. The molecule has 3 rings (SSSR count). The van der Waals surface area contributed by atoms with Crippen molar-refractivity contribution in [2.45, 2.75) is 45.3 Å². The van der Waals surface area contributed by atoms with Crippen LogP contribution in [0.2, 0.25) is 0 Å².